The Labute approximate surface area is 87.7 Å². The van der Waals surface area contributed by atoms with E-state index in [2.05, 4.69) is 11.3 Å². The van der Waals surface area contributed by atoms with Gasteiger partial charge in [-0.05, 0) is 11.6 Å². The first-order chi connectivity index (χ1) is 7.26. The van der Waals surface area contributed by atoms with Crippen molar-refractivity contribution >= 4 is 18.3 Å². The number of benzene rings is 1. The van der Waals surface area contributed by atoms with Crippen molar-refractivity contribution in [3.8, 4) is 0 Å². The van der Waals surface area contributed by atoms with Crippen molar-refractivity contribution < 1.29 is 14.3 Å². The fourth-order valence-electron chi connectivity index (χ4n) is 0.971. The van der Waals surface area contributed by atoms with Crippen molar-refractivity contribution in [3.63, 3.8) is 0 Å². The lowest BCUT2D eigenvalue weighted by Gasteiger charge is -1.94. The molecular weight excluding hydrogens is 192 g/mol. The zero-order chi connectivity index (χ0) is 11.1. The van der Waals surface area contributed by atoms with Gasteiger partial charge in [0.2, 0.25) is 0 Å². The molecule has 0 saturated heterocycles. The first-order valence-electron chi connectivity index (χ1n) is 4.31. The molecule has 76 valence electrons. The van der Waals surface area contributed by atoms with Crippen LogP contribution in [-0.2, 0) is 9.53 Å². The molecule has 0 radical (unpaired) electrons. The SMILES string of the molecule is C=COC(=O)/C=C/c1ccc(C=O)cc1. The molecule has 0 unspecified atom stereocenters. The molecule has 0 fully saturated rings. The number of hydrogen-bond acceptors (Lipinski definition) is 3. The quantitative estimate of drug-likeness (QED) is 0.325. The smallest absolute Gasteiger partial charge is 0.335 e. The van der Waals surface area contributed by atoms with Crippen molar-refractivity contribution in [2.45, 2.75) is 0 Å². The van der Waals surface area contributed by atoms with Gasteiger partial charge >= 0.3 is 5.97 Å². The third kappa shape index (κ3) is 3.60. The second-order valence-electron chi connectivity index (χ2n) is 2.72. The lowest BCUT2D eigenvalue weighted by atomic mass is 10.1. The first-order valence-corrected chi connectivity index (χ1v) is 4.31. The maximum absolute atomic E-state index is 10.9. The Hall–Kier alpha value is -2.16. The molecule has 1 aromatic carbocycles. The molecule has 0 saturated carbocycles. The molecule has 1 aromatic rings. The minimum absolute atomic E-state index is 0.482. The van der Waals surface area contributed by atoms with E-state index in [1.165, 1.54) is 6.08 Å². The molecular formula is C12H10O3. The average molecular weight is 202 g/mol. The Bertz CT molecular complexity index is 388. The zero-order valence-electron chi connectivity index (χ0n) is 8.05. The molecule has 3 nitrogen and oxygen atoms in total. The number of carbonyl (C=O) groups is 2. The van der Waals surface area contributed by atoms with Gasteiger partial charge in [-0.25, -0.2) is 4.79 Å². The lowest BCUT2D eigenvalue weighted by molar-refractivity contribution is -0.132. The van der Waals surface area contributed by atoms with Crippen LogP contribution in [0.25, 0.3) is 6.08 Å². The third-order valence-corrected chi connectivity index (χ3v) is 1.68. The highest BCUT2D eigenvalue weighted by atomic mass is 16.5. The van der Waals surface area contributed by atoms with E-state index in [-0.39, 0.29) is 0 Å². The Morgan fingerprint density at radius 2 is 1.80 bits per heavy atom. The van der Waals surface area contributed by atoms with E-state index in [4.69, 9.17) is 0 Å². The molecule has 0 aliphatic carbocycles. The van der Waals surface area contributed by atoms with Gasteiger partial charge in [-0.15, -0.1) is 0 Å². The molecule has 0 aliphatic heterocycles. The Balaban J connectivity index is 2.68. The van der Waals surface area contributed by atoms with Crippen molar-refractivity contribution in [1.29, 1.82) is 0 Å². The van der Waals surface area contributed by atoms with Gasteiger partial charge in [0.1, 0.15) is 6.29 Å². The maximum Gasteiger partial charge on any atom is 0.335 e. The van der Waals surface area contributed by atoms with Crippen LogP contribution in [0.15, 0.2) is 43.2 Å². The largest absolute Gasteiger partial charge is 0.432 e. The summed E-state index contributed by atoms with van der Waals surface area (Å²) in [6.07, 6.45) is 4.72. The van der Waals surface area contributed by atoms with Crippen LogP contribution >= 0.6 is 0 Å². The summed E-state index contributed by atoms with van der Waals surface area (Å²) < 4.78 is 4.49. The molecule has 0 bridgehead atoms. The summed E-state index contributed by atoms with van der Waals surface area (Å²) in [5.74, 6) is -0.482. The highest BCUT2D eigenvalue weighted by Crippen LogP contribution is 2.04. The number of hydrogen-bond donors (Lipinski definition) is 0. The number of aldehydes is 1. The van der Waals surface area contributed by atoms with Crippen molar-refractivity contribution in [2.75, 3.05) is 0 Å². The summed E-state index contributed by atoms with van der Waals surface area (Å²) in [5, 5.41) is 0. The second-order valence-corrected chi connectivity index (χ2v) is 2.72. The van der Waals surface area contributed by atoms with Crippen LogP contribution in [0.2, 0.25) is 0 Å². The maximum atomic E-state index is 10.9. The monoisotopic (exact) mass is 202 g/mol. The summed E-state index contributed by atoms with van der Waals surface area (Å²) in [6.45, 7) is 3.26. The van der Waals surface area contributed by atoms with E-state index < -0.39 is 5.97 Å². The van der Waals surface area contributed by atoms with Crippen LogP contribution in [0, 0.1) is 0 Å². The van der Waals surface area contributed by atoms with Crippen molar-refractivity contribution in [1.82, 2.24) is 0 Å². The normalized spacial score (nSPS) is 9.87. The average Bonchev–Trinajstić information content (AvgIpc) is 2.27. The first kappa shape index (κ1) is 10.9. The minimum atomic E-state index is -0.482. The van der Waals surface area contributed by atoms with Gasteiger partial charge in [0, 0.05) is 11.6 Å². The van der Waals surface area contributed by atoms with Gasteiger partial charge in [-0.2, -0.15) is 0 Å². The number of carbonyl (C=O) groups excluding carboxylic acids is 2. The minimum Gasteiger partial charge on any atom is -0.432 e. The molecule has 0 heterocycles. The Morgan fingerprint density at radius 3 is 2.33 bits per heavy atom. The van der Waals surface area contributed by atoms with Gasteiger partial charge in [0.25, 0.3) is 0 Å². The Kier molecular flexibility index (Phi) is 4.04. The van der Waals surface area contributed by atoms with Crippen molar-refractivity contribution in [3.05, 3.63) is 54.3 Å². The van der Waals surface area contributed by atoms with E-state index in [1.807, 2.05) is 0 Å². The highest BCUT2D eigenvalue weighted by molar-refractivity contribution is 5.87. The van der Waals surface area contributed by atoms with Gasteiger partial charge < -0.3 is 4.74 Å². The Morgan fingerprint density at radius 1 is 1.20 bits per heavy atom. The molecule has 15 heavy (non-hydrogen) atoms. The van der Waals surface area contributed by atoms with Gasteiger partial charge in [0.15, 0.2) is 0 Å². The fourth-order valence-corrected chi connectivity index (χ4v) is 0.971. The zero-order valence-corrected chi connectivity index (χ0v) is 8.05. The fraction of sp³-hybridized carbons (Fsp3) is 0. The number of ether oxygens (including phenoxy) is 1. The second kappa shape index (κ2) is 5.54. The predicted octanol–water partition coefficient (Wildman–Crippen LogP) is 2.20. The van der Waals surface area contributed by atoms with Crippen LogP contribution < -0.4 is 0 Å². The molecule has 0 aromatic heterocycles. The van der Waals surface area contributed by atoms with Crippen LogP contribution in [0.1, 0.15) is 15.9 Å². The van der Waals surface area contributed by atoms with E-state index in [0.717, 1.165) is 18.1 Å². The summed E-state index contributed by atoms with van der Waals surface area (Å²) in [6, 6.07) is 6.82. The summed E-state index contributed by atoms with van der Waals surface area (Å²) in [5.41, 5.74) is 1.42. The van der Waals surface area contributed by atoms with Gasteiger partial charge in [-0.1, -0.05) is 30.8 Å². The van der Waals surface area contributed by atoms with Gasteiger partial charge in [0.05, 0.1) is 6.26 Å². The van der Waals surface area contributed by atoms with Crippen LogP contribution in [0.3, 0.4) is 0 Å². The summed E-state index contributed by atoms with van der Waals surface area (Å²) in [7, 11) is 0. The lowest BCUT2D eigenvalue weighted by Crippen LogP contribution is -1.92. The highest BCUT2D eigenvalue weighted by Gasteiger charge is 1.93. The number of esters is 1. The van der Waals surface area contributed by atoms with E-state index in [0.29, 0.717) is 5.56 Å². The molecule has 0 aliphatic rings. The molecule has 0 atom stereocenters. The van der Waals surface area contributed by atoms with Crippen LogP contribution in [0.4, 0.5) is 0 Å². The molecule has 1 rings (SSSR count). The van der Waals surface area contributed by atoms with Gasteiger partial charge in [-0.3, -0.25) is 4.79 Å². The van der Waals surface area contributed by atoms with E-state index in [1.54, 1.807) is 30.3 Å². The topological polar surface area (TPSA) is 43.4 Å². The van der Waals surface area contributed by atoms with Crippen LogP contribution in [0.5, 0.6) is 0 Å². The molecule has 0 N–H and O–H groups in total. The van der Waals surface area contributed by atoms with Crippen LogP contribution in [-0.4, -0.2) is 12.3 Å². The number of rotatable bonds is 4. The molecule has 0 amide bonds. The third-order valence-electron chi connectivity index (χ3n) is 1.68. The van der Waals surface area contributed by atoms with Crippen molar-refractivity contribution in [2.24, 2.45) is 0 Å². The summed E-state index contributed by atoms with van der Waals surface area (Å²) in [4.78, 5) is 21.3. The van der Waals surface area contributed by atoms with E-state index >= 15 is 0 Å². The molecule has 0 spiro atoms. The predicted molar refractivity (Wildman–Crippen MR) is 57.2 cm³/mol. The summed E-state index contributed by atoms with van der Waals surface area (Å²) >= 11 is 0. The molecule has 3 heteroatoms. The standard InChI is InChI=1S/C12H10O3/c1-2-15-12(14)8-7-10-3-5-11(9-13)6-4-10/h2-9H,1H2/b8-7+. The van der Waals surface area contributed by atoms with E-state index in [9.17, 15) is 9.59 Å².